The summed E-state index contributed by atoms with van der Waals surface area (Å²) in [5.41, 5.74) is 5.17. The van der Waals surface area contributed by atoms with E-state index in [1.165, 1.54) is 0 Å². The summed E-state index contributed by atoms with van der Waals surface area (Å²) in [6.45, 7) is 9.13. The fraction of sp³-hybridized carbons (Fsp3) is 0.278. The topological polar surface area (TPSA) is 49.0 Å². The van der Waals surface area contributed by atoms with E-state index < -0.39 is 0 Å². The van der Waals surface area contributed by atoms with Crippen LogP contribution in [0.2, 0.25) is 0 Å². The van der Waals surface area contributed by atoms with Gasteiger partial charge in [-0.2, -0.15) is 0 Å². The molecule has 1 aromatic carbocycles. The summed E-state index contributed by atoms with van der Waals surface area (Å²) in [7, 11) is 0. The number of aromatic nitrogens is 1. The smallest absolute Gasteiger partial charge is 0.126 e. The predicted octanol–water partition coefficient (Wildman–Crippen LogP) is 3.56. The third-order valence-corrected chi connectivity index (χ3v) is 3.72. The van der Waals surface area contributed by atoms with Gasteiger partial charge in [0.25, 0.3) is 0 Å². The zero-order chi connectivity index (χ0) is 15.4. The van der Waals surface area contributed by atoms with E-state index in [2.05, 4.69) is 47.7 Å². The van der Waals surface area contributed by atoms with Gasteiger partial charge in [-0.05, 0) is 25.1 Å². The lowest BCUT2D eigenvalue weighted by Gasteiger charge is -2.23. The van der Waals surface area contributed by atoms with Crippen molar-refractivity contribution in [3.05, 3.63) is 48.5 Å². The summed E-state index contributed by atoms with van der Waals surface area (Å²) >= 11 is 0. The molecule has 0 aliphatic carbocycles. The molecule has 0 saturated heterocycles. The first-order chi connectivity index (χ1) is 10.8. The minimum Gasteiger partial charge on any atom is -0.369 e. The van der Waals surface area contributed by atoms with Crippen LogP contribution in [0.3, 0.4) is 0 Å². The van der Waals surface area contributed by atoms with Crippen molar-refractivity contribution in [1.82, 2.24) is 10.3 Å². The number of fused-ring (bicyclic) bond motifs is 3. The highest BCUT2D eigenvalue weighted by atomic mass is 15.0. The predicted molar refractivity (Wildman–Crippen MR) is 94.0 cm³/mol. The van der Waals surface area contributed by atoms with Crippen LogP contribution in [-0.2, 0) is 0 Å². The van der Waals surface area contributed by atoms with Crippen molar-refractivity contribution >= 4 is 17.2 Å². The van der Waals surface area contributed by atoms with Crippen LogP contribution in [0.4, 0.5) is 11.5 Å². The fourth-order valence-corrected chi connectivity index (χ4v) is 2.63. The SMILES string of the molecule is C=C1Nc2ccc(NCCNCCC)nc2-c2ccccc21. The van der Waals surface area contributed by atoms with Gasteiger partial charge in [-0.3, -0.25) is 0 Å². The van der Waals surface area contributed by atoms with Crippen molar-refractivity contribution in [3.8, 4) is 11.3 Å². The molecule has 0 bridgehead atoms. The molecule has 0 amide bonds. The Morgan fingerprint density at radius 1 is 1.05 bits per heavy atom. The standard InChI is InChI=1S/C18H22N4/c1-3-10-19-11-12-20-17-9-8-16-18(22-17)15-7-5-4-6-14(15)13(2)21-16/h4-9,19,21H,2-3,10-12H2,1H3,(H,20,22). The van der Waals surface area contributed by atoms with Crippen LogP contribution in [0.5, 0.6) is 0 Å². The molecule has 3 N–H and O–H groups in total. The summed E-state index contributed by atoms with van der Waals surface area (Å²) in [6.07, 6.45) is 1.16. The second-order valence-corrected chi connectivity index (χ2v) is 5.42. The molecule has 0 fully saturated rings. The van der Waals surface area contributed by atoms with Crippen molar-refractivity contribution in [2.24, 2.45) is 0 Å². The van der Waals surface area contributed by atoms with Crippen LogP contribution in [-0.4, -0.2) is 24.6 Å². The Morgan fingerprint density at radius 2 is 1.86 bits per heavy atom. The van der Waals surface area contributed by atoms with E-state index in [-0.39, 0.29) is 0 Å². The molecule has 1 aliphatic heterocycles. The number of nitrogens with one attached hydrogen (secondary N) is 3. The van der Waals surface area contributed by atoms with E-state index in [1.807, 2.05) is 18.2 Å². The maximum Gasteiger partial charge on any atom is 0.126 e. The second kappa shape index (κ2) is 6.62. The second-order valence-electron chi connectivity index (χ2n) is 5.42. The maximum atomic E-state index is 4.76. The van der Waals surface area contributed by atoms with Crippen molar-refractivity contribution in [3.63, 3.8) is 0 Å². The number of hydrogen-bond donors (Lipinski definition) is 3. The molecule has 1 aliphatic rings. The molecule has 3 rings (SSSR count). The Kier molecular flexibility index (Phi) is 4.39. The van der Waals surface area contributed by atoms with E-state index in [0.717, 1.165) is 60.1 Å². The van der Waals surface area contributed by atoms with Gasteiger partial charge in [-0.25, -0.2) is 4.98 Å². The Labute approximate surface area is 131 Å². The molecule has 0 saturated carbocycles. The Bertz CT molecular complexity index is 679. The van der Waals surface area contributed by atoms with Gasteiger partial charge in [0.05, 0.1) is 11.4 Å². The Hall–Kier alpha value is -2.33. The molecule has 2 heterocycles. The van der Waals surface area contributed by atoms with Gasteiger partial charge in [0.2, 0.25) is 0 Å². The average molecular weight is 294 g/mol. The van der Waals surface area contributed by atoms with Crippen molar-refractivity contribution in [2.45, 2.75) is 13.3 Å². The van der Waals surface area contributed by atoms with Crippen LogP contribution in [0, 0.1) is 0 Å². The van der Waals surface area contributed by atoms with Gasteiger partial charge >= 0.3 is 0 Å². The van der Waals surface area contributed by atoms with Gasteiger partial charge < -0.3 is 16.0 Å². The monoisotopic (exact) mass is 294 g/mol. The number of pyridine rings is 1. The number of nitrogens with zero attached hydrogens (tertiary/aromatic N) is 1. The molecular formula is C18H22N4. The van der Waals surface area contributed by atoms with E-state index in [0.29, 0.717) is 0 Å². The average Bonchev–Trinajstić information content (AvgIpc) is 2.55. The summed E-state index contributed by atoms with van der Waals surface area (Å²) in [5, 5.41) is 10.1. The quantitative estimate of drug-likeness (QED) is 0.713. The maximum absolute atomic E-state index is 4.76. The highest BCUT2D eigenvalue weighted by Gasteiger charge is 2.19. The summed E-state index contributed by atoms with van der Waals surface area (Å²) < 4.78 is 0. The highest BCUT2D eigenvalue weighted by molar-refractivity contribution is 5.95. The van der Waals surface area contributed by atoms with Gasteiger partial charge in [-0.15, -0.1) is 0 Å². The Morgan fingerprint density at radius 3 is 2.68 bits per heavy atom. The van der Waals surface area contributed by atoms with Crippen LogP contribution in [0.15, 0.2) is 43.0 Å². The van der Waals surface area contributed by atoms with Crippen molar-refractivity contribution < 1.29 is 0 Å². The first kappa shape index (κ1) is 14.6. The highest BCUT2D eigenvalue weighted by Crippen LogP contribution is 2.38. The molecule has 4 nitrogen and oxygen atoms in total. The molecule has 0 radical (unpaired) electrons. The number of benzene rings is 1. The van der Waals surface area contributed by atoms with Gasteiger partial charge in [0.15, 0.2) is 0 Å². The molecule has 1 aromatic heterocycles. The van der Waals surface area contributed by atoms with Crippen LogP contribution >= 0.6 is 0 Å². The molecule has 22 heavy (non-hydrogen) atoms. The molecule has 0 unspecified atom stereocenters. The molecule has 2 aromatic rings. The third-order valence-electron chi connectivity index (χ3n) is 3.72. The minimum atomic E-state index is 0.869. The van der Waals surface area contributed by atoms with Crippen LogP contribution < -0.4 is 16.0 Å². The zero-order valence-corrected chi connectivity index (χ0v) is 12.9. The zero-order valence-electron chi connectivity index (χ0n) is 12.9. The first-order valence-corrected chi connectivity index (χ1v) is 7.81. The number of rotatable bonds is 6. The minimum absolute atomic E-state index is 0.869. The largest absolute Gasteiger partial charge is 0.369 e. The number of anilines is 2. The molecule has 4 heteroatoms. The van der Waals surface area contributed by atoms with E-state index in [4.69, 9.17) is 4.98 Å². The molecular weight excluding hydrogens is 272 g/mol. The van der Waals surface area contributed by atoms with Crippen molar-refractivity contribution in [1.29, 1.82) is 0 Å². The normalized spacial score (nSPS) is 12.3. The van der Waals surface area contributed by atoms with Gasteiger partial charge in [0, 0.05) is 29.9 Å². The van der Waals surface area contributed by atoms with Crippen LogP contribution in [0.1, 0.15) is 18.9 Å². The van der Waals surface area contributed by atoms with Gasteiger partial charge in [-0.1, -0.05) is 37.8 Å². The van der Waals surface area contributed by atoms with E-state index >= 15 is 0 Å². The summed E-state index contributed by atoms with van der Waals surface area (Å²) in [5.74, 6) is 0.904. The molecule has 0 spiro atoms. The van der Waals surface area contributed by atoms with Crippen molar-refractivity contribution in [2.75, 3.05) is 30.3 Å². The third kappa shape index (κ3) is 2.97. The Balaban J connectivity index is 1.78. The fourth-order valence-electron chi connectivity index (χ4n) is 2.63. The molecule has 114 valence electrons. The lowest BCUT2D eigenvalue weighted by atomic mass is 9.97. The lowest BCUT2D eigenvalue weighted by Crippen LogP contribution is -2.23. The van der Waals surface area contributed by atoms with E-state index in [1.54, 1.807) is 0 Å². The molecule has 0 atom stereocenters. The van der Waals surface area contributed by atoms with E-state index in [9.17, 15) is 0 Å². The van der Waals surface area contributed by atoms with Crippen LogP contribution in [0.25, 0.3) is 17.0 Å². The summed E-state index contributed by atoms with van der Waals surface area (Å²) in [6, 6.07) is 12.3. The first-order valence-electron chi connectivity index (χ1n) is 7.81. The van der Waals surface area contributed by atoms with Gasteiger partial charge in [0.1, 0.15) is 5.82 Å². The number of hydrogen-bond acceptors (Lipinski definition) is 4. The summed E-state index contributed by atoms with van der Waals surface area (Å²) in [4.78, 5) is 4.76. The lowest BCUT2D eigenvalue weighted by molar-refractivity contribution is 0.687.